The molecule has 140 valence electrons. The summed E-state index contributed by atoms with van der Waals surface area (Å²) in [6, 6.07) is 6.81. The number of hydrogen-bond acceptors (Lipinski definition) is 3. The van der Waals surface area contributed by atoms with Crippen molar-refractivity contribution < 1.29 is 9.47 Å². The highest BCUT2D eigenvalue weighted by molar-refractivity contribution is 14.0. The van der Waals surface area contributed by atoms with Crippen LogP contribution in [0.2, 0.25) is 0 Å². The number of guanidine groups is 1. The zero-order valence-corrected chi connectivity index (χ0v) is 17.8. The summed E-state index contributed by atoms with van der Waals surface area (Å²) >= 11 is 0. The van der Waals surface area contributed by atoms with Gasteiger partial charge in [-0.15, -0.1) is 24.0 Å². The lowest BCUT2D eigenvalue weighted by Gasteiger charge is -2.32. The highest BCUT2D eigenvalue weighted by atomic mass is 127. The van der Waals surface area contributed by atoms with Crippen LogP contribution in [0.4, 0.5) is 0 Å². The van der Waals surface area contributed by atoms with E-state index >= 15 is 0 Å². The zero-order chi connectivity index (χ0) is 17.0. The van der Waals surface area contributed by atoms with Crippen LogP contribution in [-0.4, -0.2) is 38.8 Å². The first-order valence-electron chi connectivity index (χ1n) is 9.00. The molecule has 1 fully saturated rings. The third kappa shape index (κ3) is 4.71. The lowest BCUT2D eigenvalue weighted by atomic mass is 9.78. The Morgan fingerprint density at radius 1 is 1.16 bits per heavy atom. The van der Waals surface area contributed by atoms with Gasteiger partial charge in [-0.3, -0.25) is 4.99 Å². The van der Waals surface area contributed by atoms with Crippen LogP contribution in [0.15, 0.2) is 23.2 Å². The summed E-state index contributed by atoms with van der Waals surface area (Å²) in [5, 5.41) is 6.90. The molecule has 1 heterocycles. The highest BCUT2D eigenvalue weighted by Crippen LogP contribution is 2.43. The molecule has 0 aromatic heterocycles. The molecular formula is C19H30IN3O2. The second-order valence-corrected chi connectivity index (χ2v) is 7.07. The number of hydrogen-bond donors (Lipinski definition) is 2. The van der Waals surface area contributed by atoms with E-state index in [-0.39, 0.29) is 29.4 Å². The Labute approximate surface area is 168 Å². The Bertz CT molecular complexity index is 598. The Morgan fingerprint density at radius 2 is 1.84 bits per heavy atom. The summed E-state index contributed by atoms with van der Waals surface area (Å²) in [5.74, 6) is 2.62. The smallest absolute Gasteiger partial charge is 0.191 e. The van der Waals surface area contributed by atoms with Crippen LogP contribution >= 0.6 is 24.0 Å². The van der Waals surface area contributed by atoms with Gasteiger partial charge in [-0.25, -0.2) is 0 Å². The summed E-state index contributed by atoms with van der Waals surface area (Å²) < 4.78 is 11.5. The van der Waals surface area contributed by atoms with Crippen LogP contribution < -0.4 is 20.1 Å². The van der Waals surface area contributed by atoms with E-state index in [9.17, 15) is 0 Å². The van der Waals surface area contributed by atoms with Crippen molar-refractivity contribution in [1.29, 1.82) is 0 Å². The topological polar surface area (TPSA) is 54.9 Å². The number of benzene rings is 1. The van der Waals surface area contributed by atoms with Gasteiger partial charge in [0.2, 0.25) is 0 Å². The maximum atomic E-state index is 5.79. The van der Waals surface area contributed by atoms with Gasteiger partial charge >= 0.3 is 0 Å². The minimum Gasteiger partial charge on any atom is -0.486 e. The molecule has 1 aliphatic heterocycles. The molecule has 2 N–H and O–H groups in total. The number of aliphatic imine (C=N–C) groups is 1. The molecule has 2 aliphatic rings. The van der Waals surface area contributed by atoms with Crippen LogP contribution in [-0.2, 0) is 5.41 Å². The van der Waals surface area contributed by atoms with Crippen LogP contribution in [0.3, 0.4) is 0 Å². The van der Waals surface area contributed by atoms with Crippen LogP contribution in [0.5, 0.6) is 11.5 Å². The maximum absolute atomic E-state index is 5.79. The Balaban J connectivity index is 0.00000225. The molecule has 0 atom stereocenters. The van der Waals surface area contributed by atoms with E-state index in [0.717, 1.165) is 24.0 Å². The van der Waals surface area contributed by atoms with Crippen molar-refractivity contribution in [2.75, 3.05) is 26.8 Å². The Hall–Kier alpha value is -1.18. The number of halogens is 1. The fourth-order valence-electron chi connectivity index (χ4n) is 3.71. The lowest BCUT2D eigenvalue weighted by molar-refractivity contribution is 0.171. The van der Waals surface area contributed by atoms with E-state index in [2.05, 4.69) is 47.7 Å². The first-order valence-corrected chi connectivity index (χ1v) is 9.00. The molecular weight excluding hydrogens is 429 g/mol. The molecule has 0 bridgehead atoms. The predicted octanol–water partition coefficient (Wildman–Crippen LogP) is 3.46. The minimum absolute atomic E-state index is 0. The monoisotopic (exact) mass is 459 g/mol. The first kappa shape index (κ1) is 20.1. The van der Waals surface area contributed by atoms with Crippen LogP contribution in [0.1, 0.15) is 45.1 Å². The van der Waals surface area contributed by atoms with Crippen molar-refractivity contribution in [3.05, 3.63) is 23.8 Å². The molecule has 1 saturated carbocycles. The summed E-state index contributed by atoms with van der Waals surface area (Å²) in [4.78, 5) is 4.33. The van der Waals surface area contributed by atoms with E-state index in [1.807, 2.05) is 7.05 Å². The van der Waals surface area contributed by atoms with Crippen LogP contribution in [0, 0.1) is 0 Å². The van der Waals surface area contributed by atoms with Crippen molar-refractivity contribution in [1.82, 2.24) is 10.6 Å². The molecule has 25 heavy (non-hydrogen) atoms. The Kier molecular flexibility index (Phi) is 7.22. The average molecular weight is 459 g/mol. The molecule has 1 aromatic rings. The van der Waals surface area contributed by atoms with E-state index in [1.54, 1.807) is 0 Å². The second-order valence-electron chi connectivity index (χ2n) is 7.07. The molecule has 6 heteroatoms. The fourth-order valence-corrected chi connectivity index (χ4v) is 3.71. The molecule has 3 rings (SSSR count). The summed E-state index contributed by atoms with van der Waals surface area (Å²) in [7, 11) is 1.82. The van der Waals surface area contributed by atoms with Gasteiger partial charge in [-0.1, -0.05) is 18.9 Å². The van der Waals surface area contributed by atoms with Gasteiger partial charge in [0.05, 0.1) is 0 Å². The first-order chi connectivity index (χ1) is 11.6. The van der Waals surface area contributed by atoms with Crippen LogP contribution in [0.25, 0.3) is 0 Å². The molecule has 1 aromatic carbocycles. The largest absolute Gasteiger partial charge is 0.486 e. The molecule has 0 spiro atoms. The van der Waals surface area contributed by atoms with Gasteiger partial charge in [-0.2, -0.15) is 0 Å². The van der Waals surface area contributed by atoms with E-state index in [4.69, 9.17) is 9.47 Å². The average Bonchev–Trinajstić information content (AvgIpc) is 3.08. The van der Waals surface area contributed by atoms with Gasteiger partial charge in [0.15, 0.2) is 17.5 Å². The molecule has 0 radical (unpaired) electrons. The molecule has 1 aliphatic carbocycles. The van der Waals surface area contributed by atoms with Crippen molar-refractivity contribution in [3.63, 3.8) is 0 Å². The predicted molar refractivity (Wildman–Crippen MR) is 113 cm³/mol. The Morgan fingerprint density at radius 3 is 2.48 bits per heavy atom. The normalized spacial score (nSPS) is 18.6. The van der Waals surface area contributed by atoms with Crippen molar-refractivity contribution in [2.24, 2.45) is 4.99 Å². The number of nitrogens with zero attached hydrogens (tertiary/aromatic N) is 1. The lowest BCUT2D eigenvalue weighted by Crippen LogP contribution is -2.46. The standard InChI is InChI=1S/C19H29N3O2.HI/c1-14(2)22-18(20-3)21-13-19(8-4-5-9-19)15-6-7-16-17(12-15)24-11-10-23-16;/h6-7,12,14H,4-5,8-11,13H2,1-3H3,(H2,20,21,22);1H. The maximum Gasteiger partial charge on any atom is 0.191 e. The third-order valence-corrected chi connectivity index (χ3v) is 4.96. The summed E-state index contributed by atoms with van der Waals surface area (Å²) in [6.45, 7) is 6.40. The fraction of sp³-hybridized carbons (Fsp3) is 0.632. The van der Waals surface area contributed by atoms with E-state index in [1.165, 1.54) is 31.2 Å². The molecule has 0 amide bonds. The highest BCUT2D eigenvalue weighted by Gasteiger charge is 2.36. The van der Waals surface area contributed by atoms with Gasteiger partial charge in [-0.05, 0) is 44.4 Å². The SMILES string of the molecule is CN=C(NCC1(c2ccc3c(c2)OCCO3)CCCC1)NC(C)C.I. The number of rotatable bonds is 4. The van der Waals surface area contributed by atoms with Crippen molar-refractivity contribution in [2.45, 2.75) is 51.0 Å². The number of fused-ring (bicyclic) bond motifs is 1. The van der Waals surface area contributed by atoms with Gasteiger partial charge in [0.1, 0.15) is 13.2 Å². The quantitative estimate of drug-likeness (QED) is 0.412. The van der Waals surface area contributed by atoms with Crippen molar-refractivity contribution >= 4 is 29.9 Å². The third-order valence-electron chi connectivity index (χ3n) is 4.96. The molecule has 0 saturated heterocycles. The molecule has 5 nitrogen and oxygen atoms in total. The number of ether oxygens (including phenoxy) is 2. The summed E-state index contributed by atoms with van der Waals surface area (Å²) in [5.41, 5.74) is 1.49. The zero-order valence-electron chi connectivity index (χ0n) is 15.4. The van der Waals surface area contributed by atoms with Gasteiger partial charge < -0.3 is 20.1 Å². The minimum atomic E-state index is 0. The second kappa shape index (κ2) is 8.96. The van der Waals surface area contributed by atoms with Gasteiger partial charge in [0.25, 0.3) is 0 Å². The molecule has 0 unspecified atom stereocenters. The van der Waals surface area contributed by atoms with E-state index in [0.29, 0.717) is 19.3 Å². The van der Waals surface area contributed by atoms with Gasteiger partial charge in [0, 0.05) is 25.0 Å². The summed E-state index contributed by atoms with van der Waals surface area (Å²) in [6.07, 6.45) is 4.93. The van der Waals surface area contributed by atoms with E-state index < -0.39 is 0 Å². The van der Waals surface area contributed by atoms with Crippen molar-refractivity contribution in [3.8, 4) is 11.5 Å². The number of nitrogens with one attached hydrogen (secondary N) is 2.